The van der Waals surface area contributed by atoms with Crippen LogP contribution in [0.4, 0.5) is 0 Å². The second-order valence-corrected chi connectivity index (χ2v) is 10.9. The van der Waals surface area contributed by atoms with Gasteiger partial charge in [-0.2, -0.15) is 0 Å². The Labute approximate surface area is 235 Å². The van der Waals surface area contributed by atoms with Gasteiger partial charge in [0.1, 0.15) is 29.2 Å². The van der Waals surface area contributed by atoms with E-state index >= 15 is 0 Å². The topological polar surface area (TPSA) is 102 Å². The number of ether oxygens (including phenoxy) is 1. The van der Waals surface area contributed by atoms with E-state index in [1.54, 1.807) is 23.7 Å². The minimum atomic E-state index is -0.931. The molecule has 0 radical (unpaired) electrons. The molecule has 8 nitrogen and oxygen atoms in total. The Balaban J connectivity index is 1.36. The summed E-state index contributed by atoms with van der Waals surface area (Å²) in [4.78, 5) is 22.0. The third-order valence-corrected chi connectivity index (χ3v) is 8.28. The van der Waals surface area contributed by atoms with Gasteiger partial charge in [0.2, 0.25) is 0 Å². The van der Waals surface area contributed by atoms with Crippen molar-refractivity contribution >= 4 is 23.0 Å². The summed E-state index contributed by atoms with van der Waals surface area (Å²) in [6.07, 6.45) is 3.35. The first-order valence-corrected chi connectivity index (χ1v) is 13.8. The van der Waals surface area contributed by atoms with E-state index in [0.29, 0.717) is 18.3 Å². The van der Waals surface area contributed by atoms with Crippen molar-refractivity contribution < 1.29 is 14.6 Å². The average molecular weight is 550 g/mol. The summed E-state index contributed by atoms with van der Waals surface area (Å²) in [5.74, 6) is 1.12. The monoisotopic (exact) mass is 549 g/mol. The van der Waals surface area contributed by atoms with Crippen molar-refractivity contribution in [2.75, 3.05) is 0 Å². The van der Waals surface area contributed by atoms with Crippen LogP contribution in [0.1, 0.15) is 51.2 Å². The van der Waals surface area contributed by atoms with E-state index in [1.807, 2.05) is 54.0 Å². The summed E-state index contributed by atoms with van der Waals surface area (Å²) in [7, 11) is 0. The number of hydrogen-bond donors (Lipinski definition) is 1. The van der Waals surface area contributed by atoms with E-state index in [0.717, 1.165) is 49.8 Å². The predicted octanol–water partition coefficient (Wildman–Crippen LogP) is 6.26. The zero-order valence-electron chi connectivity index (χ0n) is 22.3. The average Bonchev–Trinajstić information content (AvgIpc) is 3.44. The zero-order valence-corrected chi connectivity index (χ0v) is 23.1. The van der Waals surface area contributed by atoms with Crippen LogP contribution in [0.15, 0.2) is 78.0 Å². The first-order valence-electron chi connectivity index (χ1n) is 12.9. The molecular weight excluding hydrogens is 522 g/mol. The molecule has 0 unspecified atom stereocenters. The Morgan fingerprint density at radius 3 is 2.48 bits per heavy atom. The smallest absolute Gasteiger partial charge is 0.306 e. The second kappa shape index (κ2) is 10.5. The Morgan fingerprint density at radius 1 is 0.975 bits per heavy atom. The quantitative estimate of drug-likeness (QED) is 0.257. The summed E-state index contributed by atoms with van der Waals surface area (Å²) in [5, 5.41) is 19.2. The number of carbonyl (C=O) groups is 1. The highest BCUT2D eigenvalue weighted by Crippen LogP contribution is 2.39. The van der Waals surface area contributed by atoms with E-state index in [9.17, 15) is 9.90 Å². The Kier molecular flexibility index (Phi) is 6.73. The van der Waals surface area contributed by atoms with E-state index in [2.05, 4.69) is 47.2 Å². The minimum absolute atomic E-state index is 0.168. The van der Waals surface area contributed by atoms with Gasteiger partial charge in [0.25, 0.3) is 0 Å². The molecule has 4 heterocycles. The van der Waals surface area contributed by atoms with Crippen LogP contribution in [0.3, 0.4) is 0 Å². The van der Waals surface area contributed by atoms with E-state index in [-0.39, 0.29) is 6.42 Å². The molecule has 40 heavy (non-hydrogen) atoms. The molecule has 1 atom stereocenters. The molecule has 6 rings (SSSR count). The molecule has 200 valence electrons. The van der Waals surface area contributed by atoms with Crippen LogP contribution in [0.5, 0.6) is 5.75 Å². The van der Waals surface area contributed by atoms with Crippen molar-refractivity contribution in [1.29, 1.82) is 0 Å². The number of thiophene rings is 1. The highest BCUT2D eigenvalue weighted by Gasteiger charge is 2.32. The maximum absolute atomic E-state index is 11.8. The first kappa shape index (κ1) is 25.6. The van der Waals surface area contributed by atoms with Gasteiger partial charge < -0.3 is 9.84 Å². The van der Waals surface area contributed by atoms with Crippen LogP contribution in [0.25, 0.3) is 16.1 Å². The second-order valence-electron chi connectivity index (χ2n) is 9.74. The van der Waals surface area contributed by atoms with Crippen LogP contribution in [0.2, 0.25) is 0 Å². The maximum Gasteiger partial charge on any atom is 0.306 e. The number of rotatable bonds is 7. The highest BCUT2D eigenvalue weighted by molar-refractivity contribution is 7.15. The van der Waals surface area contributed by atoms with Gasteiger partial charge in [-0.25, -0.2) is 0 Å². The molecule has 1 aliphatic rings. The molecule has 0 amide bonds. The molecule has 5 aromatic rings. The fourth-order valence-corrected chi connectivity index (χ4v) is 6.14. The summed E-state index contributed by atoms with van der Waals surface area (Å²) in [6.45, 7) is 6.53. The van der Waals surface area contributed by atoms with Gasteiger partial charge in [-0.3, -0.25) is 19.3 Å². The number of aromatic nitrogens is 4. The molecule has 0 spiro atoms. The van der Waals surface area contributed by atoms with Gasteiger partial charge in [-0.05, 0) is 67.3 Å². The molecule has 0 saturated carbocycles. The number of fused-ring (bicyclic) bond motifs is 3. The lowest BCUT2D eigenvalue weighted by Gasteiger charge is -2.12. The number of nitrogens with zero attached hydrogens (tertiary/aromatic N) is 5. The largest absolute Gasteiger partial charge is 0.489 e. The predicted molar refractivity (Wildman–Crippen MR) is 155 cm³/mol. The van der Waals surface area contributed by atoms with Crippen molar-refractivity contribution in [2.24, 2.45) is 4.99 Å². The number of carboxylic acid groups (broad SMARTS) is 1. The number of aryl methyl sites for hydroxylation is 2. The molecule has 1 aliphatic heterocycles. The normalized spacial score (nSPS) is 14.2. The van der Waals surface area contributed by atoms with Crippen molar-refractivity contribution in [1.82, 2.24) is 19.7 Å². The Hall–Kier alpha value is -4.63. The fraction of sp³-hybridized carbons (Fsp3) is 0.194. The standard InChI is InChI=1S/C31H27N5O3S/c1-18-19(2)40-31-28(18)29(33-26(16-27(37)38)30-35-34-20(3)36(30)31)23-9-7-22(8-10-23)24-5-4-6-25(15-24)39-17-21-11-13-32-14-12-21/h4-15,26H,16-17H2,1-3H3,(H,37,38)/t26-/m0/s1. The number of pyridine rings is 1. The first-order chi connectivity index (χ1) is 19.4. The van der Waals surface area contributed by atoms with Crippen LogP contribution in [-0.2, 0) is 11.4 Å². The van der Waals surface area contributed by atoms with Gasteiger partial charge >= 0.3 is 5.97 Å². The molecule has 9 heteroatoms. The third-order valence-electron chi connectivity index (χ3n) is 7.09. The number of carboxylic acids is 1. The Morgan fingerprint density at radius 2 is 1.73 bits per heavy atom. The molecule has 0 fully saturated rings. The van der Waals surface area contributed by atoms with Crippen LogP contribution < -0.4 is 4.74 Å². The van der Waals surface area contributed by atoms with Crippen molar-refractivity contribution in [3.63, 3.8) is 0 Å². The van der Waals surface area contributed by atoms with Crippen molar-refractivity contribution in [3.8, 4) is 21.9 Å². The maximum atomic E-state index is 11.8. The Bertz CT molecular complexity index is 1740. The molecule has 2 aromatic carbocycles. The van der Waals surface area contributed by atoms with Crippen molar-refractivity contribution in [2.45, 2.75) is 39.8 Å². The number of benzene rings is 2. The summed E-state index contributed by atoms with van der Waals surface area (Å²) in [6, 6.07) is 19.5. The minimum Gasteiger partial charge on any atom is -0.489 e. The van der Waals surface area contributed by atoms with Crippen LogP contribution in [-0.4, -0.2) is 36.5 Å². The van der Waals surface area contributed by atoms with E-state index in [4.69, 9.17) is 9.73 Å². The lowest BCUT2D eigenvalue weighted by molar-refractivity contribution is -0.137. The van der Waals surface area contributed by atoms with Crippen molar-refractivity contribution in [3.05, 3.63) is 112 Å². The number of aliphatic imine (C=N–C) groups is 1. The highest BCUT2D eigenvalue weighted by atomic mass is 32.1. The van der Waals surface area contributed by atoms with Gasteiger partial charge in [0.05, 0.1) is 12.1 Å². The van der Waals surface area contributed by atoms with Crippen LogP contribution in [0, 0.1) is 20.8 Å². The fourth-order valence-electron chi connectivity index (χ4n) is 4.92. The molecule has 3 aromatic heterocycles. The van der Waals surface area contributed by atoms with Gasteiger partial charge in [0.15, 0.2) is 5.82 Å². The molecule has 1 N–H and O–H groups in total. The van der Waals surface area contributed by atoms with Gasteiger partial charge in [-0.1, -0.05) is 36.4 Å². The SMILES string of the molecule is Cc1sc2c(c1C)C(c1ccc(-c3cccc(OCc4ccncc4)c3)cc1)=N[C@@H](CC(=O)O)c1nnc(C)n1-2. The van der Waals surface area contributed by atoms with Crippen LogP contribution >= 0.6 is 11.3 Å². The summed E-state index contributed by atoms with van der Waals surface area (Å²) >= 11 is 1.65. The third kappa shape index (κ3) is 4.80. The van der Waals surface area contributed by atoms with E-state index in [1.165, 1.54) is 4.88 Å². The van der Waals surface area contributed by atoms with Gasteiger partial charge in [-0.15, -0.1) is 21.5 Å². The molecule has 0 aliphatic carbocycles. The molecule has 0 bridgehead atoms. The molecular formula is C31H27N5O3S. The number of aliphatic carboxylic acids is 1. The number of hydrogen-bond acceptors (Lipinski definition) is 7. The molecule has 0 saturated heterocycles. The van der Waals surface area contributed by atoms with E-state index < -0.39 is 12.0 Å². The summed E-state index contributed by atoms with van der Waals surface area (Å²) < 4.78 is 7.98. The summed E-state index contributed by atoms with van der Waals surface area (Å²) in [5.41, 5.74) is 6.95. The zero-order chi connectivity index (χ0) is 27.8. The lowest BCUT2D eigenvalue weighted by Crippen LogP contribution is -2.10. The lowest BCUT2D eigenvalue weighted by atomic mass is 9.97. The van der Waals surface area contributed by atoms with Gasteiger partial charge in [0, 0.05) is 28.4 Å².